The molecule has 1 saturated carbocycles. The number of thiol groups is 1. The third-order valence-corrected chi connectivity index (χ3v) is 4.24. The largest absolute Gasteiger partial charge is 0.297 e. The minimum absolute atomic E-state index is 0.0195. The van der Waals surface area contributed by atoms with Crippen LogP contribution in [0.5, 0.6) is 0 Å². The third-order valence-electron chi connectivity index (χ3n) is 3.90. The van der Waals surface area contributed by atoms with Gasteiger partial charge in [-0.15, -0.1) is 0 Å². The number of rotatable bonds is 8. The Morgan fingerprint density at radius 2 is 1.90 bits per heavy atom. The molecule has 20 heavy (non-hydrogen) atoms. The lowest BCUT2D eigenvalue weighted by atomic mass is 9.84. The second-order valence-corrected chi connectivity index (χ2v) is 5.85. The topological polar surface area (TPSA) is 63.4 Å². The molecule has 1 radical (unpaired) electrons. The molecule has 0 aromatic heterocycles. The van der Waals surface area contributed by atoms with Crippen molar-refractivity contribution < 1.29 is 9.59 Å². The first-order valence-corrected chi connectivity index (χ1v) is 8.31. The van der Waals surface area contributed by atoms with Gasteiger partial charge in [-0.05, 0) is 19.3 Å². The number of Topliss-reactive ketones (excluding diaryl/α,β-unsaturated/α-hetero) is 1. The van der Waals surface area contributed by atoms with Gasteiger partial charge in [-0.3, -0.25) is 14.6 Å². The van der Waals surface area contributed by atoms with E-state index >= 15 is 0 Å². The predicted molar refractivity (Wildman–Crippen MR) is 84.2 cm³/mol. The van der Waals surface area contributed by atoms with Crippen molar-refractivity contribution in [3.05, 3.63) is 5.92 Å². The van der Waals surface area contributed by atoms with Gasteiger partial charge in [0.15, 0.2) is 5.78 Å². The van der Waals surface area contributed by atoms with Crippen LogP contribution in [0.2, 0.25) is 0 Å². The number of hydrogen-bond donors (Lipinski definition) is 2. The van der Waals surface area contributed by atoms with Crippen LogP contribution in [-0.2, 0) is 9.59 Å². The number of hydrazine groups is 1. The monoisotopic (exact) mass is 299 g/mol. The number of amides is 1. The molecule has 2 N–H and O–H groups in total. The highest BCUT2D eigenvalue weighted by atomic mass is 32.1. The Labute approximate surface area is 127 Å². The summed E-state index contributed by atoms with van der Waals surface area (Å²) in [5.74, 6) is 6.96. The van der Waals surface area contributed by atoms with E-state index in [0.717, 1.165) is 55.9 Å². The fourth-order valence-corrected chi connectivity index (χ4v) is 2.93. The quantitative estimate of drug-likeness (QED) is 0.238. The van der Waals surface area contributed by atoms with Gasteiger partial charge in [0.05, 0.1) is 0 Å². The summed E-state index contributed by atoms with van der Waals surface area (Å²) in [6, 6.07) is -0.597. The van der Waals surface area contributed by atoms with Crippen molar-refractivity contribution in [2.45, 2.75) is 70.8 Å². The number of carbonyl (C=O) groups excluding carboxylic acids is 2. The zero-order valence-electron chi connectivity index (χ0n) is 12.4. The lowest BCUT2D eigenvalue weighted by Gasteiger charge is -2.29. The third kappa shape index (κ3) is 5.09. The molecule has 0 aromatic carbocycles. The maximum absolute atomic E-state index is 12.4. The molecule has 0 heterocycles. The molecule has 0 aliphatic heterocycles. The number of carbonyl (C=O) groups is 2. The van der Waals surface area contributed by atoms with Crippen molar-refractivity contribution in [3.8, 4) is 0 Å². The zero-order chi connectivity index (χ0) is 15.0. The molecule has 0 aromatic rings. The molecule has 5 heteroatoms. The van der Waals surface area contributed by atoms with Crippen LogP contribution in [0.4, 0.5) is 0 Å². The summed E-state index contributed by atoms with van der Waals surface area (Å²) in [6.07, 6.45) is 8.32. The van der Waals surface area contributed by atoms with E-state index in [4.69, 9.17) is 5.84 Å². The fourth-order valence-electron chi connectivity index (χ4n) is 2.59. The molecule has 1 amide bonds. The highest BCUT2D eigenvalue weighted by Crippen LogP contribution is 2.28. The van der Waals surface area contributed by atoms with E-state index in [1.165, 1.54) is 6.42 Å². The molecule has 0 saturated heterocycles. The Morgan fingerprint density at radius 3 is 2.45 bits per heavy atom. The standard InChI is InChI=1S/C15H27N2O2S/c1-2-3-5-10-14(18)17(16)13(11-20)15(19)12-8-6-4-7-9-12/h13,20H,2-11,16H2,1H3/t13-/m1/s1. The van der Waals surface area contributed by atoms with Crippen LogP contribution in [0, 0.1) is 5.92 Å². The van der Waals surface area contributed by atoms with Crippen LogP contribution in [0.3, 0.4) is 0 Å². The molecule has 0 spiro atoms. The van der Waals surface area contributed by atoms with Gasteiger partial charge in [0.2, 0.25) is 5.91 Å². The smallest absolute Gasteiger partial charge is 0.237 e. The van der Waals surface area contributed by atoms with E-state index in [-0.39, 0.29) is 11.7 Å². The average Bonchev–Trinajstić information content (AvgIpc) is 2.48. The van der Waals surface area contributed by atoms with Crippen LogP contribution >= 0.6 is 12.6 Å². The molecule has 115 valence electrons. The van der Waals surface area contributed by atoms with Crippen LogP contribution in [0.15, 0.2) is 0 Å². The van der Waals surface area contributed by atoms with E-state index in [1.807, 2.05) is 0 Å². The minimum atomic E-state index is -0.597. The van der Waals surface area contributed by atoms with Crippen LogP contribution in [0.1, 0.15) is 64.7 Å². The van der Waals surface area contributed by atoms with Gasteiger partial charge in [-0.25, -0.2) is 5.84 Å². The molecular formula is C15H27N2O2S. The molecule has 1 fully saturated rings. The summed E-state index contributed by atoms with van der Waals surface area (Å²) in [4.78, 5) is 24.5. The van der Waals surface area contributed by atoms with Crippen molar-refractivity contribution in [2.75, 3.05) is 5.75 Å². The normalized spacial score (nSPS) is 17.8. The first-order chi connectivity index (χ1) is 9.61. The molecule has 4 nitrogen and oxygen atoms in total. The first-order valence-electron chi connectivity index (χ1n) is 7.68. The van der Waals surface area contributed by atoms with Crippen molar-refractivity contribution in [1.82, 2.24) is 5.01 Å². The average molecular weight is 299 g/mol. The Hall–Kier alpha value is -0.550. The maximum Gasteiger partial charge on any atom is 0.237 e. The van der Waals surface area contributed by atoms with Gasteiger partial charge in [-0.2, -0.15) is 12.6 Å². The number of nitrogens with zero attached hydrogens (tertiary/aromatic N) is 1. The van der Waals surface area contributed by atoms with Crippen molar-refractivity contribution >= 4 is 24.3 Å². The summed E-state index contributed by atoms with van der Waals surface area (Å²) >= 11 is 4.21. The van der Waals surface area contributed by atoms with E-state index < -0.39 is 6.04 Å². The van der Waals surface area contributed by atoms with Crippen LogP contribution in [-0.4, -0.2) is 28.5 Å². The lowest BCUT2D eigenvalue weighted by Crippen LogP contribution is -2.52. The van der Waals surface area contributed by atoms with Gasteiger partial charge in [-0.1, -0.05) is 39.0 Å². The Balaban J connectivity index is 2.54. The van der Waals surface area contributed by atoms with Crippen LogP contribution < -0.4 is 5.84 Å². The number of unbranched alkanes of at least 4 members (excludes halogenated alkanes) is 2. The molecule has 1 atom stereocenters. The maximum atomic E-state index is 12.4. The van der Waals surface area contributed by atoms with E-state index in [0.29, 0.717) is 12.2 Å². The second-order valence-electron chi connectivity index (χ2n) is 5.48. The minimum Gasteiger partial charge on any atom is -0.297 e. The number of nitrogens with two attached hydrogens (primary N) is 1. The Morgan fingerprint density at radius 1 is 1.25 bits per heavy atom. The van der Waals surface area contributed by atoms with Gasteiger partial charge < -0.3 is 0 Å². The van der Waals surface area contributed by atoms with Crippen molar-refractivity contribution in [1.29, 1.82) is 0 Å². The van der Waals surface area contributed by atoms with Gasteiger partial charge in [0.25, 0.3) is 0 Å². The zero-order valence-corrected chi connectivity index (χ0v) is 13.3. The fraction of sp³-hybridized carbons (Fsp3) is 0.800. The SMILES string of the molecule is CCCCCC(=O)N(N)[C@H](CS)C(=O)[C]1CCCCC1. The second kappa shape index (κ2) is 9.40. The van der Waals surface area contributed by atoms with Gasteiger partial charge in [0, 0.05) is 18.1 Å². The molecule has 0 bridgehead atoms. The Kier molecular flexibility index (Phi) is 8.22. The number of ketones is 1. The van der Waals surface area contributed by atoms with Crippen molar-refractivity contribution in [3.63, 3.8) is 0 Å². The summed E-state index contributed by atoms with van der Waals surface area (Å²) < 4.78 is 0. The lowest BCUT2D eigenvalue weighted by molar-refractivity contribution is -0.138. The highest BCUT2D eigenvalue weighted by molar-refractivity contribution is 7.80. The van der Waals surface area contributed by atoms with E-state index in [9.17, 15) is 9.59 Å². The van der Waals surface area contributed by atoms with E-state index in [1.54, 1.807) is 0 Å². The summed E-state index contributed by atoms with van der Waals surface area (Å²) in [6.45, 7) is 2.09. The summed E-state index contributed by atoms with van der Waals surface area (Å²) in [5.41, 5.74) is 0. The van der Waals surface area contributed by atoms with Crippen molar-refractivity contribution in [2.24, 2.45) is 5.84 Å². The summed E-state index contributed by atoms with van der Waals surface area (Å²) in [7, 11) is 0. The van der Waals surface area contributed by atoms with Gasteiger partial charge >= 0.3 is 0 Å². The molecule has 1 aliphatic carbocycles. The number of hydrogen-bond acceptors (Lipinski definition) is 4. The summed E-state index contributed by atoms with van der Waals surface area (Å²) in [5, 5.41) is 1.12. The first kappa shape index (κ1) is 17.5. The molecule has 1 aliphatic rings. The van der Waals surface area contributed by atoms with Gasteiger partial charge in [0.1, 0.15) is 6.04 Å². The Bertz CT molecular complexity index is 317. The molecular weight excluding hydrogens is 272 g/mol. The predicted octanol–water partition coefficient (Wildman–Crippen LogP) is 2.68. The van der Waals surface area contributed by atoms with Crippen LogP contribution in [0.25, 0.3) is 0 Å². The molecule has 0 unspecified atom stereocenters. The molecule has 1 rings (SSSR count). The highest BCUT2D eigenvalue weighted by Gasteiger charge is 2.32. The van der Waals surface area contributed by atoms with E-state index in [2.05, 4.69) is 19.6 Å².